The van der Waals surface area contributed by atoms with Crippen molar-refractivity contribution in [3.05, 3.63) is 0 Å². The molecule has 0 aliphatic carbocycles. The summed E-state index contributed by atoms with van der Waals surface area (Å²) in [4.78, 5) is 9.86. The normalized spacial score (nSPS) is 23.6. The summed E-state index contributed by atoms with van der Waals surface area (Å²) in [5.41, 5.74) is 0. The Labute approximate surface area is 75.7 Å². The Bertz CT molecular complexity index is 174. The lowest BCUT2D eigenvalue weighted by atomic mass is 10.1. The molecule has 0 saturated carbocycles. The van der Waals surface area contributed by atoms with Crippen LogP contribution in [0.5, 0.6) is 0 Å². The lowest BCUT2D eigenvalue weighted by Crippen LogP contribution is -2.43. The van der Waals surface area contributed by atoms with E-state index in [0.717, 1.165) is 0 Å². The highest BCUT2D eigenvalue weighted by molar-refractivity contribution is 6.34. The standard InChI is InChI=1S/C7H11ClO4/c1-7(8,5(9)10-2)6-11-3-4-12-6/h6H,3-4H2,1-2H3. The number of carbonyl (C=O) groups is 1. The van der Waals surface area contributed by atoms with Gasteiger partial charge in [-0.1, -0.05) is 0 Å². The van der Waals surface area contributed by atoms with Crippen molar-refractivity contribution < 1.29 is 19.0 Å². The fraction of sp³-hybridized carbons (Fsp3) is 0.857. The summed E-state index contributed by atoms with van der Waals surface area (Å²) >= 11 is 5.87. The van der Waals surface area contributed by atoms with Gasteiger partial charge in [-0.05, 0) is 6.92 Å². The fourth-order valence-corrected chi connectivity index (χ4v) is 1.17. The Morgan fingerprint density at radius 1 is 1.58 bits per heavy atom. The first-order valence-electron chi connectivity index (χ1n) is 3.59. The second kappa shape index (κ2) is 3.60. The van der Waals surface area contributed by atoms with Crippen LogP contribution in [-0.4, -0.2) is 37.5 Å². The molecule has 1 unspecified atom stereocenters. The molecule has 1 saturated heterocycles. The monoisotopic (exact) mass is 194 g/mol. The molecule has 1 fully saturated rings. The van der Waals surface area contributed by atoms with Crippen LogP contribution in [0.3, 0.4) is 0 Å². The van der Waals surface area contributed by atoms with Crippen LogP contribution in [0.2, 0.25) is 0 Å². The zero-order valence-corrected chi connectivity index (χ0v) is 7.76. The SMILES string of the molecule is COC(=O)C(C)(Cl)C1OCCO1. The second-order valence-electron chi connectivity index (χ2n) is 2.64. The zero-order valence-electron chi connectivity index (χ0n) is 7.00. The third-order valence-corrected chi connectivity index (χ3v) is 1.98. The molecule has 70 valence electrons. The third kappa shape index (κ3) is 1.71. The molecule has 0 radical (unpaired) electrons. The maximum Gasteiger partial charge on any atom is 0.331 e. The molecule has 0 amide bonds. The Morgan fingerprint density at radius 2 is 2.08 bits per heavy atom. The molecule has 12 heavy (non-hydrogen) atoms. The molecule has 0 aromatic heterocycles. The highest BCUT2D eigenvalue weighted by Crippen LogP contribution is 2.27. The molecule has 0 aromatic carbocycles. The quantitative estimate of drug-likeness (QED) is 0.475. The van der Waals surface area contributed by atoms with Crippen LogP contribution < -0.4 is 0 Å². The van der Waals surface area contributed by atoms with Gasteiger partial charge in [0, 0.05) is 0 Å². The van der Waals surface area contributed by atoms with Crippen molar-refractivity contribution in [2.24, 2.45) is 0 Å². The summed E-state index contributed by atoms with van der Waals surface area (Å²) in [5.74, 6) is -0.545. The first kappa shape index (κ1) is 9.77. The smallest absolute Gasteiger partial charge is 0.331 e. The van der Waals surface area contributed by atoms with Gasteiger partial charge in [-0.25, -0.2) is 4.79 Å². The third-order valence-electron chi connectivity index (χ3n) is 1.65. The van der Waals surface area contributed by atoms with E-state index in [4.69, 9.17) is 21.1 Å². The molecule has 4 nitrogen and oxygen atoms in total. The number of carbonyl (C=O) groups excluding carboxylic acids is 1. The van der Waals surface area contributed by atoms with E-state index in [9.17, 15) is 4.79 Å². The number of alkyl halides is 1. The van der Waals surface area contributed by atoms with Gasteiger partial charge in [0.25, 0.3) is 0 Å². The summed E-state index contributed by atoms with van der Waals surface area (Å²) in [5, 5.41) is 0. The van der Waals surface area contributed by atoms with E-state index in [1.807, 2.05) is 0 Å². The Morgan fingerprint density at radius 3 is 2.50 bits per heavy atom. The summed E-state index contributed by atoms with van der Waals surface area (Å²) in [6, 6.07) is 0. The topological polar surface area (TPSA) is 44.8 Å². The minimum Gasteiger partial charge on any atom is -0.468 e. The molecular formula is C7H11ClO4. The lowest BCUT2D eigenvalue weighted by Gasteiger charge is -2.23. The predicted molar refractivity (Wildman–Crippen MR) is 42.0 cm³/mol. The molecular weight excluding hydrogens is 184 g/mol. The van der Waals surface area contributed by atoms with Gasteiger partial charge in [-0.3, -0.25) is 0 Å². The van der Waals surface area contributed by atoms with Crippen LogP contribution in [0, 0.1) is 0 Å². The van der Waals surface area contributed by atoms with Crippen LogP contribution in [0.25, 0.3) is 0 Å². The average Bonchev–Trinajstić information content (AvgIpc) is 2.55. The summed E-state index contributed by atoms with van der Waals surface area (Å²) in [6.45, 7) is 2.43. The van der Waals surface area contributed by atoms with E-state index in [1.54, 1.807) is 0 Å². The van der Waals surface area contributed by atoms with Gasteiger partial charge in [0.1, 0.15) is 0 Å². The number of ether oxygens (including phenoxy) is 3. The van der Waals surface area contributed by atoms with Gasteiger partial charge in [0.15, 0.2) is 11.2 Å². The summed E-state index contributed by atoms with van der Waals surface area (Å²) in [6.07, 6.45) is -0.702. The van der Waals surface area contributed by atoms with E-state index in [0.29, 0.717) is 13.2 Å². The van der Waals surface area contributed by atoms with E-state index in [1.165, 1.54) is 14.0 Å². The Balaban J connectivity index is 2.62. The predicted octanol–water partition coefficient (Wildman–Crippen LogP) is 0.530. The summed E-state index contributed by atoms with van der Waals surface area (Å²) < 4.78 is 14.7. The van der Waals surface area contributed by atoms with Gasteiger partial charge in [0.05, 0.1) is 20.3 Å². The van der Waals surface area contributed by atoms with Crippen LogP contribution >= 0.6 is 11.6 Å². The maximum absolute atomic E-state index is 11.1. The molecule has 5 heteroatoms. The van der Waals surface area contributed by atoms with Crippen LogP contribution in [0.15, 0.2) is 0 Å². The number of rotatable bonds is 2. The van der Waals surface area contributed by atoms with Crippen LogP contribution in [0.4, 0.5) is 0 Å². The number of hydrogen-bond donors (Lipinski definition) is 0. The van der Waals surface area contributed by atoms with E-state index in [-0.39, 0.29) is 0 Å². The van der Waals surface area contributed by atoms with Crippen LogP contribution in [0.1, 0.15) is 6.92 Å². The van der Waals surface area contributed by atoms with Crippen LogP contribution in [-0.2, 0) is 19.0 Å². The van der Waals surface area contributed by atoms with Gasteiger partial charge < -0.3 is 14.2 Å². The number of methoxy groups -OCH3 is 1. The van der Waals surface area contributed by atoms with E-state index in [2.05, 4.69) is 4.74 Å². The van der Waals surface area contributed by atoms with E-state index >= 15 is 0 Å². The Hall–Kier alpha value is -0.320. The zero-order chi connectivity index (χ0) is 9.19. The first-order valence-corrected chi connectivity index (χ1v) is 3.97. The van der Waals surface area contributed by atoms with Crippen molar-refractivity contribution in [3.8, 4) is 0 Å². The first-order chi connectivity index (χ1) is 5.59. The van der Waals surface area contributed by atoms with Crippen molar-refractivity contribution in [1.82, 2.24) is 0 Å². The lowest BCUT2D eigenvalue weighted by molar-refractivity contribution is -0.155. The molecule has 1 aliphatic heterocycles. The van der Waals surface area contributed by atoms with Crippen molar-refractivity contribution in [2.75, 3.05) is 20.3 Å². The summed E-state index contributed by atoms with van der Waals surface area (Å²) in [7, 11) is 1.28. The van der Waals surface area contributed by atoms with Gasteiger partial charge in [-0.15, -0.1) is 11.6 Å². The van der Waals surface area contributed by atoms with Gasteiger partial charge in [0.2, 0.25) is 0 Å². The van der Waals surface area contributed by atoms with Crippen molar-refractivity contribution >= 4 is 17.6 Å². The van der Waals surface area contributed by atoms with Crippen molar-refractivity contribution in [2.45, 2.75) is 18.1 Å². The van der Waals surface area contributed by atoms with Crippen molar-refractivity contribution in [3.63, 3.8) is 0 Å². The minimum atomic E-state index is -1.24. The fourth-order valence-electron chi connectivity index (χ4n) is 0.967. The molecule has 0 spiro atoms. The minimum absolute atomic E-state index is 0.462. The molecule has 0 bridgehead atoms. The molecule has 1 heterocycles. The molecule has 0 aromatic rings. The largest absolute Gasteiger partial charge is 0.468 e. The number of hydrogen-bond acceptors (Lipinski definition) is 4. The number of halogens is 1. The molecule has 1 aliphatic rings. The highest BCUT2D eigenvalue weighted by atomic mass is 35.5. The maximum atomic E-state index is 11.1. The molecule has 1 rings (SSSR count). The average molecular weight is 195 g/mol. The van der Waals surface area contributed by atoms with Gasteiger partial charge >= 0.3 is 5.97 Å². The van der Waals surface area contributed by atoms with E-state index < -0.39 is 17.1 Å². The Kier molecular flexibility index (Phi) is 2.93. The number of esters is 1. The molecule has 1 atom stereocenters. The van der Waals surface area contributed by atoms with Gasteiger partial charge in [-0.2, -0.15) is 0 Å². The second-order valence-corrected chi connectivity index (χ2v) is 3.43. The highest BCUT2D eigenvalue weighted by Gasteiger charge is 2.44. The van der Waals surface area contributed by atoms with Crippen molar-refractivity contribution in [1.29, 1.82) is 0 Å². The molecule has 0 N–H and O–H groups in total.